The van der Waals surface area contributed by atoms with E-state index in [1.165, 1.54) is 0 Å². The van der Waals surface area contributed by atoms with Gasteiger partial charge in [0.15, 0.2) is 0 Å². The molecule has 0 spiro atoms. The zero-order valence-corrected chi connectivity index (χ0v) is 12.5. The van der Waals surface area contributed by atoms with Crippen molar-refractivity contribution in [2.75, 3.05) is 52.5 Å². The van der Waals surface area contributed by atoms with Gasteiger partial charge in [-0.15, -0.1) is 0 Å². The van der Waals surface area contributed by atoms with E-state index < -0.39 is 0 Å². The molecular weight excluding hydrogens is 270 g/mol. The molecule has 0 saturated carbocycles. The van der Waals surface area contributed by atoms with Crippen molar-refractivity contribution in [3.63, 3.8) is 0 Å². The van der Waals surface area contributed by atoms with Crippen LogP contribution in [0.1, 0.15) is 18.9 Å². The Morgan fingerprint density at radius 3 is 2.38 bits per heavy atom. The molecule has 0 aromatic carbocycles. The van der Waals surface area contributed by atoms with E-state index in [-0.39, 0.29) is 6.10 Å². The van der Waals surface area contributed by atoms with Crippen LogP contribution >= 0.6 is 0 Å². The number of ether oxygens (including phenoxy) is 1. The number of β-amino-alcohol motifs (C(OH)–C–C–N with tert-alkyl or cyclic N) is 1. The van der Waals surface area contributed by atoms with Gasteiger partial charge in [-0.05, 0) is 12.8 Å². The van der Waals surface area contributed by atoms with E-state index >= 15 is 0 Å². The van der Waals surface area contributed by atoms with E-state index in [0.717, 1.165) is 65.3 Å². The molecule has 0 amide bonds. The molecule has 1 aromatic heterocycles. The number of hydrogen-bond acceptors (Lipinski definition) is 6. The minimum Gasteiger partial charge on any atom is -0.390 e. The van der Waals surface area contributed by atoms with Crippen LogP contribution in [0.2, 0.25) is 0 Å². The maximum absolute atomic E-state index is 10.3. The number of aromatic nitrogens is 3. The van der Waals surface area contributed by atoms with Crippen molar-refractivity contribution < 1.29 is 9.84 Å². The third-order valence-corrected chi connectivity index (χ3v) is 4.41. The number of piperidine rings is 1. The third kappa shape index (κ3) is 4.23. The molecule has 2 fully saturated rings. The van der Waals surface area contributed by atoms with E-state index in [2.05, 4.69) is 19.9 Å². The van der Waals surface area contributed by atoms with Crippen LogP contribution in [-0.2, 0) is 4.74 Å². The Balaban J connectivity index is 1.38. The summed E-state index contributed by atoms with van der Waals surface area (Å²) in [5.41, 5.74) is 0. The number of rotatable bonds is 5. The van der Waals surface area contributed by atoms with Crippen LogP contribution in [0.25, 0.3) is 0 Å². The summed E-state index contributed by atoms with van der Waals surface area (Å²) in [6, 6.07) is 0.458. The molecule has 1 aromatic rings. The first-order valence-electron chi connectivity index (χ1n) is 7.86. The molecule has 118 valence electrons. The second-order valence-corrected chi connectivity index (χ2v) is 5.97. The summed E-state index contributed by atoms with van der Waals surface area (Å²) >= 11 is 0. The maximum Gasteiger partial charge on any atom is 0.137 e. The first kappa shape index (κ1) is 14.9. The summed E-state index contributed by atoms with van der Waals surface area (Å²) in [4.78, 5) is 8.66. The Hall–Kier alpha value is -1.02. The lowest BCUT2D eigenvalue weighted by Gasteiger charge is -2.34. The molecule has 0 aliphatic carbocycles. The summed E-state index contributed by atoms with van der Waals surface area (Å²) in [6.45, 7) is 7.01. The van der Waals surface area contributed by atoms with Gasteiger partial charge in [-0.25, -0.2) is 9.67 Å². The molecule has 1 unspecified atom stereocenters. The van der Waals surface area contributed by atoms with Crippen molar-refractivity contribution in [3.8, 4) is 0 Å². The van der Waals surface area contributed by atoms with Gasteiger partial charge in [0.2, 0.25) is 0 Å². The summed E-state index contributed by atoms with van der Waals surface area (Å²) in [6.07, 6.45) is 5.28. The Labute approximate surface area is 125 Å². The van der Waals surface area contributed by atoms with Gasteiger partial charge in [-0.3, -0.25) is 4.90 Å². The number of nitrogens with zero attached hydrogens (tertiary/aromatic N) is 5. The van der Waals surface area contributed by atoms with Gasteiger partial charge in [-0.2, -0.15) is 5.10 Å². The zero-order chi connectivity index (χ0) is 14.5. The zero-order valence-electron chi connectivity index (χ0n) is 12.5. The number of aliphatic hydroxyl groups excluding tert-OH is 1. The quantitative estimate of drug-likeness (QED) is 0.798. The summed E-state index contributed by atoms with van der Waals surface area (Å²) in [5.74, 6) is 0. The average molecular weight is 295 g/mol. The van der Waals surface area contributed by atoms with Gasteiger partial charge >= 0.3 is 0 Å². The summed E-state index contributed by atoms with van der Waals surface area (Å²) in [5, 5.41) is 14.5. The van der Waals surface area contributed by atoms with Crippen molar-refractivity contribution in [1.82, 2.24) is 24.6 Å². The lowest BCUT2D eigenvalue weighted by molar-refractivity contribution is 0.00424. The van der Waals surface area contributed by atoms with Crippen LogP contribution in [0.5, 0.6) is 0 Å². The number of likely N-dealkylation sites (tertiary alicyclic amines) is 1. The SMILES string of the molecule is OC(CN1CCOCC1)CN1CCC(n2cncn2)CC1. The van der Waals surface area contributed by atoms with Crippen LogP contribution in [-0.4, -0.2) is 88.3 Å². The molecule has 2 aliphatic rings. The number of aliphatic hydroxyl groups is 1. The second kappa shape index (κ2) is 7.31. The van der Waals surface area contributed by atoms with E-state index in [1.54, 1.807) is 12.7 Å². The third-order valence-electron chi connectivity index (χ3n) is 4.41. The first-order valence-corrected chi connectivity index (χ1v) is 7.86. The molecule has 21 heavy (non-hydrogen) atoms. The number of morpholine rings is 1. The molecule has 2 aliphatic heterocycles. The number of hydrogen-bond donors (Lipinski definition) is 1. The molecule has 1 N–H and O–H groups in total. The van der Waals surface area contributed by atoms with Gasteiger partial charge in [0.05, 0.1) is 25.4 Å². The summed E-state index contributed by atoms with van der Waals surface area (Å²) < 4.78 is 7.29. The fourth-order valence-electron chi connectivity index (χ4n) is 3.21. The minimum atomic E-state index is -0.272. The van der Waals surface area contributed by atoms with Gasteiger partial charge < -0.3 is 14.7 Å². The molecule has 7 nitrogen and oxygen atoms in total. The van der Waals surface area contributed by atoms with Gasteiger partial charge in [0.25, 0.3) is 0 Å². The molecular formula is C14H25N5O2. The van der Waals surface area contributed by atoms with Gasteiger partial charge in [0, 0.05) is 39.3 Å². The highest BCUT2D eigenvalue weighted by molar-refractivity contribution is 4.79. The highest BCUT2D eigenvalue weighted by Gasteiger charge is 2.23. The van der Waals surface area contributed by atoms with Gasteiger partial charge in [-0.1, -0.05) is 0 Å². The fraction of sp³-hybridized carbons (Fsp3) is 0.857. The van der Waals surface area contributed by atoms with E-state index in [0.29, 0.717) is 6.04 Å². The predicted molar refractivity (Wildman–Crippen MR) is 78.0 cm³/mol. The van der Waals surface area contributed by atoms with E-state index in [1.807, 2.05) is 4.68 Å². The minimum absolute atomic E-state index is 0.272. The second-order valence-electron chi connectivity index (χ2n) is 5.97. The Morgan fingerprint density at radius 2 is 1.76 bits per heavy atom. The fourth-order valence-corrected chi connectivity index (χ4v) is 3.21. The van der Waals surface area contributed by atoms with Crippen molar-refractivity contribution in [2.45, 2.75) is 25.0 Å². The normalized spacial score (nSPS) is 24.2. The van der Waals surface area contributed by atoms with Crippen molar-refractivity contribution in [3.05, 3.63) is 12.7 Å². The Morgan fingerprint density at radius 1 is 1.10 bits per heavy atom. The molecule has 3 heterocycles. The standard InChI is InChI=1S/C14H25N5O2/c20-14(10-18-5-7-21-8-6-18)9-17-3-1-13(2-4-17)19-12-15-11-16-19/h11-14,20H,1-10H2. The molecule has 0 bridgehead atoms. The highest BCUT2D eigenvalue weighted by Crippen LogP contribution is 2.21. The molecule has 1 atom stereocenters. The average Bonchev–Trinajstić information content (AvgIpc) is 3.03. The molecule has 3 rings (SSSR count). The van der Waals surface area contributed by atoms with E-state index in [4.69, 9.17) is 4.74 Å². The van der Waals surface area contributed by atoms with E-state index in [9.17, 15) is 5.11 Å². The monoisotopic (exact) mass is 295 g/mol. The van der Waals surface area contributed by atoms with Crippen molar-refractivity contribution >= 4 is 0 Å². The smallest absolute Gasteiger partial charge is 0.137 e. The van der Waals surface area contributed by atoms with Crippen molar-refractivity contribution in [2.24, 2.45) is 0 Å². The van der Waals surface area contributed by atoms with Crippen LogP contribution in [0.3, 0.4) is 0 Å². The van der Waals surface area contributed by atoms with Crippen LogP contribution in [0, 0.1) is 0 Å². The first-order chi connectivity index (χ1) is 10.3. The van der Waals surface area contributed by atoms with Crippen molar-refractivity contribution in [1.29, 1.82) is 0 Å². The van der Waals surface area contributed by atoms with Crippen LogP contribution < -0.4 is 0 Å². The molecule has 0 radical (unpaired) electrons. The predicted octanol–water partition coefficient (Wildman–Crippen LogP) is -0.392. The lowest BCUT2D eigenvalue weighted by Crippen LogP contribution is -2.46. The van der Waals surface area contributed by atoms with Gasteiger partial charge in [0.1, 0.15) is 12.7 Å². The molecule has 2 saturated heterocycles. The Kier molecular flexibility index (Phi) is 5.18. The van der Waals surface area contributed by atoms with Crippen LogP contribution in [0.4, 0.5) is 0 Å². The Bertz CT molecular complexity index is 400. The molecule has 7 heteroatoms. The highest BCUT2D eigenvalue weighted by atomic mass is 16.5. The maximum atomic E-state index is 10.3. The summed E-state index contributed by atoms with van der Waals surface area (Å²) in [7, 11) is 0. The van der Waals surface area contributed by atoms with Crippen LogP contribution in [0.15, 0.2) is 12.7 Å². The topological polar surface area (TPSA) is 66.7 Å². The largest absolute Gasteiger partial charge is 0.390 e. The lowest BCUT2D eigenvalue weighted by atomic mass is 10.0.